The number of nitrogens with one attached hydrogen (secondary N) is 1. The highest BCUT2D eigenvalue weighted by atomic mass is 35.5. The van der Waals surface area contributed by atoms with Gasteiger partial charge in [0, 0.05) is 11.1 Å². The molecule has 32 heavy (non-hydrogen) atoms. The van der Waals surface area contributed by atoms with Crippen LogP contribution in [0.2, 0.25) is 20.1 Å². The Morgan fingerprint density at radius 3 is 1.69 bits per heavy atom. The van der Waals surface area contributed by atoms with Gasteiger partial charge in [0.2, 0.25) is 0 Å². The van der Waals surface area contributed by atoms with E-state index in [2.05, 4.69) is 5.32 Å². The van der Waals surface area contributed by atoms with Crippen LogP contribution < -0.4 is 5.32 Å². The largest absolute Gasteiger partial charge is 0.480 e. The van der Waals surface area contributed by atoms with Crippen LogP contribution in [0.1, 0.15) is 33.6 Å². The smallest absolute Gasteiger partial charge is 0.322 e. The quantitative estimate of drug-likeness (QED) is 0.288. The van der Waals surface area contributed by atoms with Gasteiger partial charge in [0.15, 0.2) is 11.6 Å². The zero-order chi connectivity index (χ0) is 23.8. The van der Waals surface area contributed by atoms with Gasteiger partial charge in [0.25, 0.3) is 0 Å². The van der Waals surface area contributed by atoms with Crippen LogP contribution >= 0.6 is 46.4 Å². The molecule has 1 aliphatic carbocycles. The Bertz CT molecular complexity index is 1130. The summed E-state index contributed by atoms with van der Waals surface area (Å²) in [6.07, 6.45) is 0.781. The van der Waals surface area contributed by atoms with Crippen molar-refractivity contribution in [2.75, 3.05) is 0 Å². The molecule has 0 spiro atoms. The number of carbonyl (C=O) groups excluding carboxylic acids is 2. The van der Waals surface area contributed by atoms with E-state index in [1.54, 1.807) is 0 Å². The van der Waals surface area contributed by atoms with Crippen LogP contribution in [0.4, 0.5) is 0 Å². The number of halogens is 4. The minimum Gasteiger partial charge on any atom is -0.480 e. The molecule has 0 bridgehead atoms. The van der Waals surface area contributed by atoms with Gasteiger partial charge < -0.3 is 10.2 Å². The van der Waals surface area contributed by atoms with Gasteiger partial charge in [-0.3, -0.25) is 24.5 Å². The SMILES string of the molecule is O=C(O)C1(C(=O)c2ccc(Cl)c(Cl)c2)CC1.O=C(O)[C@H]1N[C@@H]1C(=O)c1ccc(Cl)c(Cl)c1. The minimum absolute atomic E-state index is 0.258. The first-order valence-electron chi connectivity index (χ1n) is 9.19. The summed E-state index contributed by atoms with van der Waals surface area (Å²) < 4.78 is 0. The molecule has 2 aliphatic rings. The molecular formula is C21H15Cl4NO6. The van der Waals surface area contributed by atoms with Crippen LogP contribution in [0.25, 0.3) is 0 Å². The molecule has 4 rings (SSSR count). The number of ketones is 2. The molecule has 1 aliphatic heterocycles. The Kier molecular flexibility index (Phi) is 7.17. The third-order valence-electron chi connectivity index (χ3n) is 5.11. The molecule has 2 fully saturated rings. The van der Waals surface area contributed by atoms with Crippen LogP contribution in [0.3, 0.4) is 0 Å². The molecule has 2 atom stereocenters. The Balaban J connectivity index is 0.000000181. The summed E-state index contributed by atoms with van der Waals surface area (Å²) in [5, 5.41) is 21.5. The van der Waals surface area contributed by atoms with E-state index in [1.807, 2.05) is 0 Å². The van der Waals surface area contributed by atoms with Crippen molar-refractivity contribution in [1.29, 1.82) is 0 Å². The fraction of sp³-hybridized carbons (Fsp3) is 0.238. The molecule has 0 aromatic heterocycles. The summed E-state index contributed by atoms with van der Waals surface area (Å²) in [5.41, 5.74) is -0.568. The molecular weight excluding hydrogens is 504 g/mol. The number of carbonyl (C=O) groups is 4. The molecule has 11 heteroatoms. The molecule has 1 saturated heterocycles. The first-order chi connectivity index (χ1) is 15.0. The predicted molar refractivity (Wildman–Crippen MR) is 119 cm³/mol. The van der Waals surface area contributed by atoms with E-state index in [9.17, 15) is 19.2 Å². The highest BCUT2D eigenvalue weighted by Crippen LogP contribution is 2.48. The predicted octanol–water partition coefficient (Wildman–Crippen LogP) is 4.64. The number of benzene rings is 2. The average Bonchev–Trinajstić information content (AvgIpc) is 3.64. The molecule has 1 saturated carbocycles. The van der Waals surface area contributed by atoms with Crippen LogP contribution in [-0.4, -0.2) is 45.8 Å². The first-order valence-corrected chi connectivity index (χ1v) is 10.7. The van der Waals surface area contributed by atoms with Gasteiger partial charge in [-0.05, 0) is 49.2 Å². The van der Waals surface area contributed by atoms with Gasteiger partial charge in [-0.2, -0.15) is 0 Å². The van der Waals surface area contributed by atoms with Gasteiger partial charge in [0.05, 0.1) is 26.1 Å². The van der Waals surface area contributed by atoms with Crippen LogP contribution in [0.15, 0.2) is 36.4 Å². The van der Waals surface area contributed by atoms with E-state index in [4.69, 9.17) is 56.6 Å². The van der Waals surface area contributed by atoms with Crippen LogP contribution in [0.5, 0.6) is 0 Å². The Morgan fingerprint density at radius 1 is 0.781 bits per heavy atom. The van der Waals surface area contributed by atoms with Crippen molar-refractivity contribution < 1.29 is 29.4 Å². The van der Waals surface area contributed by atoms with Crippen molar-refractivity contribution in [1.82, 2.24) is 5.32 Å². The Hall–Kier alpha value is -2.16. The lowest BCUT2D eigenvalue weighted by molar-refractivity contribution is -0.141. The number of Topliss-reactive ketones (excluding diaryl/α,β-unsaturated/α-hetero) is 2. The summed E-state index contributed by atoms with van der Waals surface area (Å²) in [7, 11) is 0. The number of carboxylic acids is 2. The second-order valence-electron chi connectivity index (χ2n) is 7.30. The highest BCUT2D eigenvalue weighted by Gasteiger charge is 2.56. The zero-order valence-corrected chi connectivity index (χ0v) is 19.1. The van der Waals surface area contributed by atoms with Gasteiger partial charge in [-0.25, -0.2) is 0 Å². The van der Waals surface area contributed by atoms with Crippen molar-refractivity contribution in [3.63, 3.8) is 0 Å². The van der Waals surface area contributed by atoms with E-state index >= 15 is 0 Å². The van der Waals surface area contributed by atoms with Gasteiger partial charge >= 0.3 is 11.9 Å². The van der Waals surface area contributed by atoms with Gasteiger partial charge in [0.1, 0.15) is 11.5 Å². The van der Waals surface area contributed by atoms with Crippen molar-refractivity contribution in [3.8, 4) is 0 Å². The monoisotopic (exact) mass is 517 g/mol. The molecule has 0 radical (unpaired) electrons. The summed E-state index contributed by atoms with van der Waals surface area (Å²) in [6.45, 7) is 0. The fourth-order valence-corrected chi connectivity index (χ4v) is 3.58. The Morgan fingerprint density at radius 2 is 1.28 bits per heavy atom. The second-order valence-corrected chi connectivity index (χ2v) is 8.93. The summed E-state index contributed by atoms with van der Waals surface area (Å²) in [5.74, 6) is -2.77. The zero-order valence-electron chi connectivity index (χ0n) is 16.1. The van der Waals surface area contributed by atoms with Gasteiger partial charge in [-0.15, -0.1) is 0 Å². The third-order valence-corrected chi connectivity index (χ3v) is 6.59. The molecule has 0 amide bonds. The summed E-state index contributed by atoms with van der Waals surface area (Å²) >= 11 is 23.0. The van der Waals surface area contributed by atoms with Crippen molar-refractivity contribution >= 4 is 69.9 Å². The van der Waals surface area contributed by atoms with E-state index in [-0.39, 0.29) is 15.8 Å². The molecule has 1 heterocycles. The van der Waals surface area contributed by atoms with Crippen LogP contribution in [-0.2, 0) is 9.59 Å². The Labute approximate surface area is 202 Å². The number of aliphatic carboxylic acids is 2. The number of hydrogen-bond acceptors (Lipinski definition) is 5. The molecule has 168 valence electrons. The summed E-state index contributed by atoms with van der Waals surface area (Å²) in [6, 6.07) is 7.43. The van der Waals surface area contributed by atoms with E-state index in [0.717, 1.165) is 0 Å². The average molecular weight is 519 g/mol. The fourth-order valence-electron chi connectivity index (χ4n) is 2.98. The lowest BCUT2D eigenvalue weighted by Gasteiger charge is -2.08. The van der Waals surface area contributed by atoms with E-state index in [0.29, 0.717) is 34.0 Å². The normalized spacial score (nSPS) is 19.9. The first kappa shape index (κ1) is 24.5. The molecule has 3 N–H and O–H groups in total. The second kappa shape index (κ2) is 9.37. The molecule has 7 nitrogen and oxygen atoms in total. The lowest BCUT2D eigenvalue weighted by atomic mass is 9.95. The van der Waals surface area contributed by atoms with Gasteiger partial charge in [-0.1, -0.05) is 46.4 Å². The number of rotatable bonds is 6. The minimum atomic E-state index is -1.23. The topological polar surface area (TPSA) is 131 Å². The number of hydrogen-bond donors (Lipinski definition) is 3. The summed E-state index contributed by atoms with van der Waals surface area (Å²) in [4.78, 5) is 45.2. The number of carboxylic acid groups (broad SMARTS) is 2. The maximum atomic E-state index is 12.0. The van der Waals surface area contributed by atoms with Crippen LogP contribution in [0, 0.1) is 5.41 Å². The molecule has 2 aromatic rings. The molecule has 2 aromatic carbocycles. The third kappa shape index (κ3) is 5.08. The van der Waals surface area contributed by atoms with E-state index in [1.165, 1.54) is 36.4 Å². The highest BCUT2D eigenvalue weighted by molar-refractivity contribution is 6.42. The van der Waals surface area contributed by atoms with Crippen molar-refractivity contribution in [2.45, 2.75) is 24.9 Å². The standard InChI is InChI=1S/C11H8Cl2O3.C10H7Cl2NO3/c12-7-2-1-6(5-8(7)13)9(14)11(3-4-11)10(15)16;11-5-2-1-4(3-6(5)12)9(14)7-8(13-7)10(15)16/h1-2,5H,3-4H2,(H,15,16);1-3,7-8,13H,(H,15,16)/t;7-,8-/m.0/s1. The van der Waals surface area contributed by atoms with Crippen molar-refractivity contribution in [2.24, 2.45) is 5.41 Å². The molecule has 0 unspecified atom stereocenters. The lowest BCUT2D eigenvalue weighted by Crippen LogP contribution is -2.25. The maximum Gasteiger partial charge on any atom is 0.322 e. The maximum absolute atomic E-state index is 12.0. The van der Waals surface area contributed by atoms with Crippen molar-refractivity contribution in [3.05, 3.63) is 67.6 Å². The van der Waals surface area contributed by atoms with E-state index < -0.39 is 35.2 Å².